The first-order chi connectivity index (χ1) is 7.66. The lowest BCUT2D eigenvalue weighted by Crippen LogP contribution is -2.17. The van der Waals surface area contributed by atoms with Gasteiger partial charge in [0.25, 0.3) is 0 Å². The molecule has 5 heteroatoms. The molecule has 0 spiro atoms. The number of aliphatic carboxylic acids is 1. The molecule has 1 aromatic rings. The van der Waals surface area contributed by atoms with Crippen LogP contribution in [0.15, 0.2) is 0 Å². The Hall–Kier alpha value is -1.52. The number of rotatable bonds is 3. The zero-order chi connectivity index (χ0) is 11.5. The van der Waals surface area contributed by atoms with Crippen LogP contribution in [0.5, 0.6) is 0 Å². The summed E-state index contributed by atoms with van der Waals surface area (Å²) in [6.07, 6.45) is 4.53. The van der Waals surface area contributed by atoms with E-state index in [1.165, 1.54) is 0 Å². The molecule has 1 atom stereocenters. The van der Waals surface area contributed by atoms with E-state index in [4.69, 9.17) is 5.11 Å². The van der Waals surface area contributed by atoms with Crippen LogP contribution in [-0.4, -0.2) is 26.3 Å². The first kappa shape index (κ1) is 11.0. The van der Waals surface area contributed by atoms with Gasteiger partial charge in [-0.2, -0.15) is 5.10 Å². The predicted molar refractivity (Wildman–Crippen MR) is 57.0 cm³/mol. The van der Waals surface area contributed by atoms with Crippen molar-refractivity contribution in [3.8, 4) is 0 Å². The molecule has 1 unspecified atom stereocenters. The molecule has 0 aromatic carbocycles. The van der Waals surface area contributed by atoms with Gasteiger partial charge in [-0.05, 0) is 25.7 Å². The minimum Gasteiger partial charge on any atom is -0.481 e. The van der Waals surface area contributed by atoms with Gasteiger partial charge in [-0.1, -0.05) is 6.92 Å². The molecule has 0 aliphatic heterocycles. The number of hydrogen-bond donors (Lipinski definition) is 1. The quantitative estimate of drug-likeness (QED) is 0.824. The summed E-state index contributed by atoms with van der Waals surface area (Å²) < 4.78 is 0. The lowest BCUT2D eigenvalue weighted by molar-refractivity contribution is -0.141. The van der Waals surface area contributed by atoms with Crippen LogP contribution in [0.2, 0.25) is 0 Å². The fraction of sp³-hybridized carbons (Fsp3) is 0.636. The second-order valence-corrected chi connectivity index (χ2v) is 4.27. The van der Waals surface area contributed by atoms with Crippen molar-refractivity contribution < 1.29 is 9.90 Å². The van der Waals surface area contributed by atoms with Crippen molar-refractivity contribution in [3.05, 3.63) is 17.2 Å². The van der Waals surface area contributed by atoms with Crippen LogP contribution >= 0.6 is 0 Å². The molecule has 2 rings (SSSR count). The van der Waals surface area contributed by atoms with Gasteiger partial charge >= 0.3 is 5.97 Å². The lowest BCUT2D eigenvalue weighted by atomic mass is 10.0. The van der Waals surface area contributed by atoms with E-state index in [0.29, 0.717) is 12.2 Å². The minimum absolute atomic E-state index is 0.357. The van der Waals surface area contributed by atoms with E-state index >= 15 is 0 Å². The molecular formula is C11H15N3O2. The Labute approximate surface area is 93.9 Å². The highest BCUT2D eigenvalue weighted by atomic mass is 16.4. The third kappa shape index (κ3) is 2.35. The second kappa shape index (κ2) is 4.55. The van der Waals surface area contributed by atoms with Crippen molar-refractivity contribution >= 4 is 5.97 Å². The molecule has 5 nitrogen and oxygen atoms in total. The van der Waals surface area contributed by atoms with E-state index in [1.807, 2.05) is 0 Å². The van der Waals surface area contributed by atoms with Crippen LogP contribution in [0.4, 0.5) is 0 Å². The molecule has 86 valence electrons. The van der Waals surface area contributed by atoms with Crippen LogP contribution < -0.4 is 0 Å². The Morgan fingerprint density at radius 3 is 2.69 bits per heavy atom. The predicted octanol–water partition coefficient (Wildman–Crippen LogP) is 1.01. The molecule has 0 radical (unpaired) electrons. The summed E-state index contributed by atoms with van der Waals surface area (Å²) >= 11 is 0. The maximum atomic E-state index is 10.7. The van der Waals surface area contributed by atoms with Gasteiger partial charge in [-0.15, -0.1) is 5.10 Å². The Balaban J connectivity index is 2.14. The Bertz CT molecular complexity index is 406. The summed E-state index contributed by atoms with van der Waals surface area (Å²) in [5.74, 6) is -0.722. The summed E-state index contributed by atoms with van der Waals surface area (Å²) in [6, 6.07) is 0. The summed E-state index contributed by atoms with van der Waals surface area (Å²) in [5, 5.41) is 16.9. The highest BCUT2D eigenvalue weighted by molar-refractivity contribution is 5.69. The molecule has 1 aromatic heterocycles. The minimum atomic E-state index is -0.818. The molecule has 0 amide bonds. The fourth-order valence-corrected chi connectivity index (χ4v) is 1.85. The van der Waals surface area contributed by atoms with Crippen molar-refractivity contribution in [1.82, 2.24) is 15.2 Å². The van der Waals surface area contributed by atoms with E-state index in [9.17, 15) is 4.79 Å². The van der Waals surface area contributed by atoms with Crippen LogP contribution in [0.1, 0.15) is 37.0 Å². The van der Waals surface area contributed by atoms with Gasteiger partial charge < -0.3 is 5.11 Å². The fourth-order valence-electron chi connectivity index (χ4n) is 1.85. The van der Waals surface area contributed by atoms with Gasteiger partial charge in [0, 0.05) is 6.42 Å². The van der Waals surface area contributed by atoms with Crippen molar-refractivity contribution in [2.24, 2.45) is 5.92 Å². The number of fused-ring (bicyclic) bond motifs is 1. The van der Waals surface area contributed by atoms with Gasteiger partial charge in [-0.25, -0.2) is 4.98 Å². The summed E-state index contributed by atoms with van der Waals surface area (Å²) in [6.45, 7) is 1.66. The SMILES string of the molecule is CC(Cc1nnc2c(n1)CCCC2)C(=O)O. The molecule has 0 fully saturated rings. The van der Waals surface area contributed by atoms with Gasteiger partial charge in [0.2, 0.25) is 0 Å². The zero-order valence-corrected chi connectivity index (χ0v) is 9.31. The average molecular weight is 221 g/mol. The summed E-state index contributed by atoms with van der Waals surface area (Å²) in [7, 11) is 0. The molecular weight excluding hydrogens is 206 g/mol. The molecule has 1 aliphatic rings. The average Bonchev–Trinajstić information content (AvgIpc) is 2.28. The van der Waals surface area contributed by atoms with Crippen LogP contribution in [0.25, 0.3) is 0 Å². The maximum Gasteiger partial charge on any atom is 0.306 e. The lowest BCUT2D eigenvalue weighted by Gasteiger charge is -2.13. The molecule has 0 saturated heterocycles. The van der Waals surface area contributed by atoms with Gasteiger partial charge in [0.15, 0.2) is 5.82 Å². The second-order valence-electron chi connectivity index (χ2n) is 4.27. The van der Waals surface area contributed by atoms with Crippen LogP contribution in [0, 0.1) is 5.92 Å². The van der Waals surface area contributed by atoms with Crippen LogP contribution in [-0.2, 0) is 24.1 Å². The smallest absolute Gasteiger partial charge is 0.306 e. The van der Waals surface area contributed by atoms with Crippen molar-refractivity contribution in [2.75, 3.05) is 0 Å². The number of aromatic nitrogens is 3. The Kier molecular flexibility index (Phi) is 3.12. The molecule has 1 N–H and O–H groups in total. The first-order valence-corrected chi connectivity index (χ1v) is 5.61. The molecule has 1 aliphatic carbocycles. The monoisotopic (exact) mass is 221 g/mol. The molecule has 1 heterocycles. The number of carboxylic acids is 1. The third-order valence-electron chi connectivity index (χ3n) is 2.87. The van der Waals surface area contributed by atoms with Crippen LogP contribution in [0.3, 0.4) is 0 Å². The van der Waals surface area contributed by atoms with E-state index in [0.717, 1.165) is 37.1 Å². The van der Waals surface area contributed by atoms with E-state index in [-0.39, 0.29) is 0 Å². The highest BCUT2D eigenvalue weighted by Gasteiger charge is 2.17. The maximum absolute atomic E-state index is 10.7. The Morgan fingerprint density at radius 2 is 2.00 bits per heavy atom. The number of carboxylic acid groups (broad SMARTS) is 1. The van der Waals surface area contributed by atoms with E-state index in [2.05, 4.69) is 15.2 Å². The van der Waals surface area contributed by atoms with Crippen molar-refractivity contribution in [1.29, 1.82) is 0 Å². The number of hydrogen-bond acceptors (Lipinski definition) is 4. The third-order valence-corrected chi connectivity index (χ3v) is 2.87. The van der Waals surface area contributed by atoms with Crippen molar-refractivity contribution in [3.63, 3.8) is 0 Å². The van der Waals surface area contributed by atoms with E-state index < -0.39 is 11.9 Å². The number of carbonyl (C=O) groups is 1. The molecule has 0 bridgehead atoms. The standard InChI is InChI=1S/C11H15N3O2/c1-7(11(15)16)6-10-12-8-4-2-3-5-9(8)13-14-10/h7H,2-6H2,1H3,(H,15,16). The number of aryl methyl sites for hydroxylation is 2. The largest absolute Gasteiger partial charge is 0.481 e. The normalized spacial score (nSPS) is 16.6. The number of nitrogens with zero attached hydrogens (tertiary/aromatic N) is 3. The highest BCUT2D eigenvalue weighted by Crippen LogP contribution is 2.17. The van der Waals surface area contributed by atoms with Gasteiger partial charge in [-0.3, -0.25) is 4.79 Å². The zero-order valence-electron chi connectivity index (χ0n) is 9.31. The van der Waals surface area contributed by atoms with Gasteiger partial charge in [0.1, 0.15) is 0 Å². The topological polar surface area (TPSA) is 76.0 Å². The summed E-state index contributed by atoms with van der Waals surface area (Å²) in [5.41, 5.74) is 1.99. The van der Waals surface area contributed by atoms with Crippen molar-refractivity contribution in [2.45, 2.75) is 39.0 Å². The summed E-state index contributed by atoms with van der Waals surface area (Å²) in [4.78, 5) is 15.1. The Morgan fingerprint density at radius 1 is 1.31 bits per heavy atom. The first-order valence-electron chi connectivity index (χ1n) is 5.61. The molecule has 16 heavy (non-hydrogen) atoms. The molecule has 0 saturated carbocycles. The van der Waals surface area contributed by atoms with E-state index in [1.54, 1.807) is 6.92 Å². The van der Waals surface area contributed by atoms with Gasteiger partial charge in [0.05, 0.1) is 17.3 Å².